The smallest absolute Gasteiger partial charge is 0.435 e. The van der Waals surface area contributed by atoms with Crippen LogP contribution in [-0.4, -0.2) is 22.3 Å². The van der Waals surface area contributed by atoms with E-state index >= 15 is 0 Å². The van der Waals surface area contributed by atoms with Crippen LogP contribution in [0.4, 0.5) is 27.6 Å². The van der Waals surface area contributed by atoms with E-state index in [0.29, 0.717) is 11.3 Å². The number of aryl methyl sites for hydroxylation is 2. The van der Waals surface area contributed by atoms with Gasteiger partial charge in [-0.2, -0.15) is 27.1 Å². The molecule has 0 aliphatic carbocycles. The number of nitrogens with one attached hydrogen (secondary N) is 1. The molecule has 148 valence electrons. The summed E-state index contributed by atoms with van der Waals surface area (Å²) in [5.74, 6) is -0.540. The van der Waals surface area contributed by atoms with Gasteiger partial charge in [-0.15, -0.1) is 0 Å². The Hall–Kier alpha value is -2.36. The van der Waals surface area contributed by atoms with E-state index < -0.39 is 29.4 Å². The standard InChI is InChI=1S/C16H15ClF5N3O2/c1-8-7-10(27-15(18)19)3-4-11(8)23-12(26)5-6-25-9(2)13(17)14(24-25)16(20,21)22/h3-4,7,15H,5-6H2,1-2H3,(H,23,26). The summed E-state index contributed by atoms with van der Waals surface area (Å²) in [4.78, 5) is 12.0. The molecule has 0 bridgehead atoms. The molecule has 1 heterocycles. The number of nitrogens with zero attached hydrogens (tertiary/aromatic N) is 2. The molecule has 0 unspecified atom stereocenters. The molecule has 5 nitrogen and oxygen atoms in total. The molecule has 11 heteroatoms. The van der Waals surface area contributed by atoms with Crippen LogP contribution in [0.1, 0.15) is 23.4 Å². The van der Waals surface area contributed by atoms with E-state index in [1.54, 1.807) is 6.92 Å². The first kappa shape index (κ1) is 20.9. The zero-order chi connectivity index (χ0) is 20.4. The van der Waals surface area contributed by atoms with Crippen molar-refractivity contribution in [1.29, 1.82) is 0 Å². The van der Waals surface area contributed by atoms with Crippen molar-refractivity contribution in [2.45, 2.75) is 39.6 Å². The van der Waals surface area contributed by atoms with Crippen LogP contribution in [0.3, 0.4) is 0 Å². The number of benzene rings is 1. The molecule has 0 spiro atoms. The summed E-state index contributed by atoms with van der Waals surface area (Å²) in [6.45, 7) is -0.121. The summed E-state index contributed by atoms with van der Waals surface area (Å²) < 4.78 is 68.0. The van der Waals surface area contributed by atoms with Crippen LogP contribution in [0.15, 0.2) is 18.2 Å². The van der Waals surface area contributed by atoms with Crippen LogP contribution in [0.2, 0.25) is 5.02 Å². The maximum atomic E-state index is 12.8. The van der Waals surface area contributed by atoms with E-state index in [-0.39, 0.29) is 24.4 Å². The molecule has 0 aliphatic heterocycles. The highest BCUT2D eigenvalue weighted by molar-refractivity contribution is 6.31. The lowest BCUT2D eigenvalue weighted by molar-refractivity contribution is -0.141. The minimum absolute atomic E-state index is 0.0537. The van der Waals surface area contributed by atoms with Crippen molar-refractivity contribution in [3.05, 3.63) is 40.2 Å². The number of alkyl halides is 5. The molecule has 2 rings (SSSR count). The second kappa shape index (κ2) is 8.12. The number of hydrogen-bond acceptors (Lipinski definition) is 3. The van der Waals surface area contributed by atoms with Crippen molar-refractivity contribution in [1.82, 2.24) is 9.78 Å². The Morgan fingerprint density at radius 1 is 1.33 bits per heavy atom. The Morgan fingerprint density at radius 3 is 2.52 bits per heavy atom. The van der Waals surface area contributed by atoms with Crippen molar-refractivity contribution in [3.63, 3.8) is 0 Å². The molecular formula is C16H15ClF5N3O2. The van der Waals surface area contributed by atoms with Crippen molar-refractivity contribution in [2.24, 2.45) is 0 Å². The molecule has 0 saturated carbocycles. The molecule has 1 aromatic carbocycles. The number of halogens is 6. The van der Waals surface area contributed by atoms with Gasteiger partial charge in [0.15, 0.2) is 5.69 Å². The van der Waals surface area contributed by atoms with Crippen molar-refractivity contribution >= 4 is 23.2 Å². The molecule has 1 aromatic heterocycles. The fraction of sp³-hybridized carbons (Fsp3) is 0.375. The summed E-state index contributed by atoms with van der Waals surface area (Å²) in [6, 6.07) is 3.99. The largest absolute Gasteiger partial charge is 0.436 e. The van der Waals surface area contributed by atoms with Gasteiger partial charge in [0, 0.05) is 12.1 Å². The first-order chi connectivity index (χ1) is 12.5. The van der Waals surface area contributed by atoms with Crippen LogP contribution < -0.4 is 10.1 Å². The third-order valence-electron chi connectivity index (χ3n) is 3.65. The van der Waals surface area contributed by atoms with E-state index in [1.807, 2.05) is 0 Å². The Bertz CT molecular complexity index is 836. The molecule has 1 N–H and O–H groups in total. The van der Waals surface area contributed by atoms with E-state index in [2.05, 4.69) is 15.2 Å². The van der Waals surface area contributed by atoms with E-state index in [4.69, 9.17) is 11.6 Å². The van der Waals surface area contributed by atoms with Gasteiger partial charge in [0.1, 0.15) is 5.75 Å². The number of carbonyl (C=O) groups excluding carboxylic acids is 1. The Balaban J connectivity index is 2.01. The van der Waals surface area contributed by atoms with Gasteiger partial charge in [-0.05, 0) is 37.6 Å². The predicted molar refractivity (Wildman–Crippen MR) is 88.0 cm³/mol. The molecule has 0 radical (unpaired) electrons. The van der Waals surface area contributed by atoms with Gasteiger partial charge >= 0.3 is 12.8 Å². The average molecular weight is 412 g/mol. The summed E-state index contributed by atoms with van der Waals surface area (Å²) >= 11 is 5.65. The normalized spacial score (nSPS) is 11.7. The van der Waals surface area contributed by atoms with Crippen molar-refractivity contribution < 1.29 is 31.5 Å². The number of ether oxygens (including phenoxy) is 1. The third kappa shape index (κ3) is 5.31. The maximum absolute atomic E-state index is 12.8. The molecule has 0 saturated heterocycles. The highest BCUT2D eigenvalue weighted by Crippen LogP contribution is 2.35. The molecule has 27 heavy (non-hydrogen) atoms. The average Bonchev–Trinajstić information content (AvgIpc) is 2.83. The van der Waals surface area contributed by atoms with Gasteiger partial charge in [-0.25, -0.2) is 0 Å². The molecule has 1 amide bonds. The predicted octanol–water partition coefficient (Wildman–Crippen LogP) is 4.80. The van der Waals surface area contributed by atoms with Crippen LogP contribution in [0.5, 0.6) is 5.75 Å². The summed E-state index contributed by atoms with van der Waals surface area (Å²) in [5, 5.41) is 5.46. The monoisotopic (exact) mass is 411 g/mol. The number of rotatable bonds is 6. The highest BCUT2D eigenvalue weighted by Gasteiger charge is 2.38. The van der Waals surface area contributed by atoms with E-state index in [0.717, 1.165) is 4.68 Å². The van der Waals surface area contributed by atoms with Crippen LogP contribution in [0.25, 0.3) is 0 Å². The quantitative estimate of drug-likeness (QED) is 0.694. The second-order valence-corrected chi connectivity index (χ2v) is 6.00. The number of amides is 1. The van der Waals surface area contributed by atoms with E-state index in [1.165, 1.54) is 25.1 Å². The van der Waals surface area contributed by atoms with Gasteiger partial charge in [0.05, 0.1) is 17.3 Å². The maximum Gasteiger partial charge on any atom is 0.436 e. The zero-order valence-electron chi connectivity index (χ0n) is 14.2. The molecule has 2 aromatic rings. The minimum atomic E-state index is -4.69. The van der Waals surface area contributed by atoms with Crippen LogP contribution in [0, 0.1) is 13.8 Å². The topological polar surface area (TPSA) is 56.1 Å². The van der Waals surface area contributed by atoms with Gasteiger partial charge < -0.3 is 10.1 Å². The Labute approximate surface area is 156 Å². The first-order valence-electron chi connectivity index (χ1n) is 7.64. The number of hydrogen-bond donors (Lipinski definition) is 1. The lowest BCUT2D eigenvalue weighted by atomic mass is 10.2. The fourth-order valence-corrected chi connectivity index (χ4v) is 2.54. The number of anilines is 1. The second-order valence-electron chi connectivity index (χ2n) is 5.62. The van der Waals surface area contributed by atoms with Gasteiger partial charge in [0.25, 0.3) is 0 Å². The third-order valence-corrected chi connectivity index (χ3v) is 4.10. The molecule has 0 atom stereocenters. The van der Waals surface area contributed by atoms with Gasteiger partial charge in [-0.3, -0.25) is 9.48 Å². The van der Waals surface area contributed by atoms with Crippen LogP contribution in [-0.2, 0) is 17.5 Å². The summed E-state index contributed by atoms with van der Waals surface area (Å²) in [5.41, 5.74) is -0.249. The Kier molecular flexibility index (Phi) is 6.30. The molecular weight excluding hydrogens is 397 g/mol. The van der Waals surface area contributed by atoms with Crippen molar-refractivity contribution in [2.75, 3.05) is 5.32 Å². The molecule has 0 aliphatic rings. The minimum Gasteiger partial charge on any atom is -0.435 e. The zero-order valence-corrected chi connectivity index (χ0v) is 15.0. The molecule has 0 fully saturated rings. The lowest BCUT2D eigenvalue weighted by Gasteiger charge is -2.11. The number of aromatic nitrogens is 2. The summed E-state index contributed by atoms with van der Waals surface area (Å²) in [7, 11) is 0. The fourth-order valence-electron chi connectivity index (χ4n) is 2.30. The van der Waals surface area contributed by atoms with Crippen molar-refractivity contribution in [3.8, 4) is 5.75 Å². The summed E-state index contributed by atoms with van der Waals surface area (Å²) in [6.07, 6.45) is -4.85. The highest BCUT2D eigenvalue weighted by atomic mass is 35.5. The van der Waals surface area contributed by atoms with Crippen LogP contribution >= 0.6 is 11.6 Å². The van der Waals surface area contributed by atoms with Gasteiger partial charge in [-0.1, -0.05) is 11.6 Å². The van der Waals surface area contributed by atoms with Gasteiger partial charge in [0.2, 0.25) is 5.91 Å². The number of carbonyl (C=O) groups is 1. The first-order valence-corrected chi connectivity index (χ1v) is 8.02. The lowest BCUT2D eigenvalue weighted by Crippen LogP contribution is -2.16. The Morgan fingerprint density at radius 2 is 2.00 bits per heavy atom. The van der Waals surface area contributed by atoms with E-state index in [9.17, 15) is 26.7 Å². The SMILES string of the molecule is Cc1cc(OC(F)F)ccc1NC(=O)CCn1nc(C(F)(F)F)c(Cl)c1C.